The molecule has 1 saturated carbocycles. The van der Waals surface area contributed by atoms with E-state index < -0.39 is 0 Å². The third-order valence-electron chi connectivity index (χ3n) is 3.53. The summed E-state index contributed by atoms with van der Waals surface area (Å²) >= 11 is 0. The highest BCUT2D eigenvalue weighted by atomic mass is 35.5. The number of rotatable bonds is 3. The number of hydrogen-bond donors (Lipinski definition) is 1. The molecule has 1 fully saturated rings. The van der Waals surface area contributed by atoms with Crippen molar-refractivity contribution < 1.29 is 22.9 Å². The first kappa shape index (κ1) is 14.0. The molecule has 2 rings (SSSR count). The number of amides is 1. The van der Waals surface area contributed by atoms with Gasteiger partial charge in [0.15, 0.2) is 0 Å². The van der Waals surface area contributed by atoms with Gasteiger partial charge in [0.05, 0.1) is 12.0 Å². The quantitative estimate of drug-likeness (QED) is 0.626. The fourth-order valence-electron chi connectivity index (χ4n) is 2.55. The van der Waals surface area contributed by atoms with Gasteiger partial charge in [-0.3, -0.25) is 4.79 Å². The molecule has 94 valence electrons. The van der Waals surface area contributed by atoms with Crippen LogP contribution in [0.2, 0.25) is 0 Å². The highest BCUT2D eigenvalue weighted by Gasteiger charge is 2.61. The lowest BCUT2D eigenvalue weighted by Crippen LogP contribution is -3.00. The minimum atomic E-state index is -0.285. The maximum Gasteiger partial charge on any atom is 0.233 e. The SMILES string of the molecule is CN(C)C(=O)C1(c2ccccc2)CC1C[NH3+].[Cl-]. The topological polar surface area (TPSA) is 48.0 Å². The second-order valence-electron chi connectivity index (χ2n) is 4.73. The molecule has 2 unspecified atom stereocenters. The third-order valence-corrected chi connectivity index (χ3v) is 3.53. The Bertz CT molecular complexity index is 394. The Morgan fingerprint density at radius 2 is 2.00 bits per heavy atom. The summed E-state index contributed by atoms with van der Waals surface area (Å²) in [5, 5.41) is 0. The van der Waals surface area contributed by atoms with E-state index in [9.17, 15) is 4.79 Å². The van der Waals surface area contributed by atoms with Gasteiger partial charge >= 0.3 is 0 Å². The third kappa shape index (κ3) is 2.17. The summed E-state index contributed by atoms with van der Waals surface area (Å²) in [5.74, 6) is 0.622. The predicted octanol–water partition coefficient (Wildman–Crippen LogP) is -2.72. The average molecular weight is 255 g/mol. The molecular formula is C13H19ClN2O. The van der Waals surface area contributed by atoms with E-state index in [1.165, 1.54) is 0 Å². The monoisotopic (exact) mass is 254 g/mol. The number of hydrogen-bond acceptors (Lipinski definition) is 1. The van der Waals surface area contributed by atoms with Gasteiger partial charge in [0, 0.05) is 20.0 Å². The minimum Gasteiger partial charge on any atom is -1.00 e. The van der Waals surface area contributed by atoms with Crippen LogP contribution in [0, 0.1) is 5.92 Å². The molecule has 1 aromatic carbocycles. The van der Waals surface area contributed by atoms with E-state index in [-0.39, 0.29) is 23.7 Å². The number of quaternary nitrogens is 1. The van der Waals surface area contributed by atoms with Gasteiger partial charge < -0.3 is 23.0 Å². The van der Waals surface area contributed by atoms with Crippen molar-refractivity contribution in [3.05, 3.63) is 35.9 Å². The minimum absolute atomic E-state index is 0. The number of carbonyl (C=O) groups excluding carboxylic acids is 1. The summed E-state index contributed by atoms with van der Waals surface area (Å²) in [6.45, 7) is 0.828. The Morgan fingerprint density at radius 3 is 2.41 bits per heavy atom. The normalized spacial score (nSPS) is 25.9. The number of likely N-dealkylation sites (N-methyl/N-ethyl adjacent to an activating group) is 1. The van der Waals surface area contributed by atoms with Crippen molar-refractivity contribution in [2.24, 2.45) is 5.92 Å². The zero-order chi connectivity index (χ0) is 11.8. The fourth-order valence-corrected chi connectivity index (χ4v) is 2.55. The van der Waals surface area contributed by atoms with Gasteiger partial charge in [-0.25, -0.2) is 0 Å². The maximum absolute atomic E-state index is 12.3. The van der Waals surface area contributed by atoms with Gasteiger partial charge in [-0.05, 0) is 12.0 Å². The van der Waals surface area contributed by atoms with Crippen molar-refractivity contribution in [3.8, 4) is 0 Å². The first-order valence-corrected chi connectivity index (χ1v) is 5.69. The van der Waals surface area contributed by atoms with E-state index >= 15 is 0 Å². The van der Waals surface area contributed by atoms with Crippen molar-refractivity contribution in [2.75, 3.05) is 20.6 Å². The number of carbonyl (C=O) groups is 1. The van der Waals surface area contributed by atoms with E-state index in [1.54, 1.807) is 4.90 Å². The molecule has 17 heavy (non-hydrogen) atoms. The Kier molecular flexibility index (Phi) is 4.17. The van der Waals surface area contributed by atoms with Gasteiger partial charge in [-0.1, -0.05) is 30.3 Å². The average Bonchev–Trinajstić information content (AvgIpc) is 3.04. The smallest absolute Gasteiger partial charge is 0.233 e. The molecule has 1 amide bonds. The first-order valence-electron chi connectivity index (χ1n) is 5.69. The molecular weight excluding hydrogens is 236 g/mol. The second kappa shape index (κ2) is 5.07. The van der Waals surface area contributed by atoms with Crippen molar-refractivity contribution in [3.63, 3.8) is 0 Å². The van der Waals surface area contributed by atoms with E-state index in [0.717, 1.165) is 18.5 Å². The van der Waals surface area contributed by atoms with Crippen LogP contribution in [0.1, 0.15) is 12.0 Å². The van der Waals surface area contributed by atoms with Crippen LogP contribution < -0.4 is 18.1 Å². The zero-order valence-corrected chi connectivity index (χ0v) is 11.1. The molecule has 2 atom stereocenters. The largest absolute Gasteiger partial charge is 1.00 e. The molecule has 0 aromatic heterocycles. The Morgan fingerprint density at radius 1 is 1.41 bits per heavy atom. The highest BCUT2D eigenvalue weighted by Crippen LogP contribution is 2.54. The lowest BCUT2D eigenvalue weighted by molar-refractivity contribution is -0.373. The first-order chi connectivity index (χ1) is 7.63. The summed E-state index contributed by atoms with van der Waals surface area (Å²) in [6.07, 6.45) is 0.942. The lowest BCUT2D eigenvalue weighted by atomic mass is 9.91. The second-order valence-corrected chi connectivity index (χ2v) is 4.73. The van der Waals surface area contributed by atoms with Crippen molar-refractivity contribution >= 4 is 5.91 Å². The number of benzene rings is 1. The van der Waals surface area contributed by atoms with Crippen LogP contribution in [0.25, 0.3) is 0 Å². The van der Waals surface area contributed by atoms with Gasteiger partial charge in [-0.15, -0.1) is 0 Å². The predicted molar refractivity (Wildman–Crippen MR) is 62.7 cm³/mol. The van der Waals surface area contributed by atoms with E-state index in [0.29, 0.717) is 5.92 Å². The van der Waals surface area contributed by atoms with Crippen LogP contribution in [-0.4, -0.2) is 31.4 Å². The molecule has 1 aliphatic carbocycles. The summed E-state index contributed by atoms with van der Waals surface area (Å²) < 4.78 is 0. The number of nitrogens with zero attached hydrogens (tertiary/aromatic N) is 1. The summed E-state index contributed by atoms with van der Waals surface area (Å²) in [6, 6.07) is 10.1. The number of halogens is 1. The molecule has 1 aromatic rings. The molecule has 0 saturated heterocycles. The van der Waals surface area contributed by atoms with Crippen molar-refractivity contribution in [1.29, 1.82) is 0 Å². The standard InChI is InChI=1S/C13H18N2O.ClH/c1-15(2)12(16)13(8-11(13)9-14)10-6-4-3-5-7-10;/h3-7,11H,8-9,14H2,1-2H3;1H. The van der Waals surface area contributed by atoms with Gasteiger partial charge in [-0.2, -0.15) is 0 Å². The molecule has 0 bridgehead atoms. The van der Waals surface area contributed by atoms with Crippen LogP contribution in [0.4, 0.5) is 0 Å². The summed E-state index contributed by atoms with van der Waals surface area (Å²) in [5.41, 5.74) is 4.80. The summed E-state index contributed by atoms with van der Waals surface area (Å²) in [4.78, 5) is 14.0. The molecule has 3 N–H and O–H groups in total. The molecule has 0 aliphatic heterocycles. The fraction of sp³-hybridized carbons (Fsp3) is 0.462. The van der Waals surface area contributed by atoms with E-state index in [4.69, 9.17) is 0 Å². The maximum atomic E-state index is 12.3. The van der Waals surface area contributed by atoms with Crippen molar-refractivity contribution in [1.82, 2.24) is 4.90 Å². The van der Waals surface area contributed by atoms with Gasteiger partial charge in [0.1, 0.15) is 0 Å². The van der Waals surface area contributed by atoms with E-state index in [1.807, 2.05) is 32.3 Å². The van der Waals surface area contributed by atoms with Gasteiger partial charge in [0.25, 0.3) is 0 Å². The highest BCUT2D eigenvalue weighted by molar-refractivity contribution is 5.91. The Labute approximate surface area is 108 Å². The zero-order valence-electron chi connectivity index (χ0n) is 10.3. The van der Waals surface area contributed by atoms with Crippen molar-refractivity contribution in [2.45, 2.75) is 11.8 Å². The van der Waals surface area contributed by atoms with Crippen LogP contribution in [0.5, 0.6) is 0 Å². The van der Waals surface area contributed by atoms with E-state index in [2.05, 4.69) is 17.9 Å². The molecule has 1 aliphatic rings. The lowest BCUT2D eigenvalue weighted by Gasteiger charge is -2.21. The van der Waals surface area contributed by atoms with Gasteiger partial charge in [0.2, 0.25) is 5.91 Å². The Hall–Kier alpha value is -1.06. The Balaban J connectivity index is 0.00000144. The molecule has 4 heteroatoms. The van der Waals surface area contributed by atoms with Crippen LogP contribution in [0.15, 0.2) is 30.3 Å². The molecule has 0 heterocycles. The van der Waals surface area contributed by atoms with Crippen LogP contribution in [0.3, 0.4) is 0 Å². The molecule has 0 radical (unpaired) electrons. The van der Waals surface area contributed by atoms with Crippen LogP contribution in [-0.2, 0) is 10.2 Å². The van der Waals surface area contributed by atoms with Crippen LogP contribution >= 0.6 is 0 Å². The summed E-state index contributed by atoms with van der Waals surface area (Å²) in [7, 11) is 3.65. The molecule has 0 spiro atoms. The molecule has 3 nitrogen and oxygen atoms in total.